The second-order valence-corrected chi connectivity index (χ2v) is 6.60. The maximum Gasteiger partial charge on any atom is 0.225 e. The molecule has 0 radical (unpaired) electrons. The van der Waals surface area contributed by atoms with Crippen LogP contribution in [0.1, 0.15) is 32.9 Å². The Bertz CT molecular complexity index is 737. The summed E-state index contributed by atoms with van der Waals surface area (Å²) in [7, 11) is 0. The smallest absolute Gasteiger partial charge is 0.225 e. The van der Waals surface area contributed by atoms with Crippen LogP contribution >= 0.6 is 23.2 Å². The Morgan fingerprint density at radius 2 is 2.23 bits per heavy atom. The second-order valence-electron chi connectivity index (χ2n) is 5.91. The van der Waals surface area contributed by atoms with Gasteiger partial charge in [0.15, 0.2) is 17.0 Å². The van der Waals surface area contributed by atoms with E-state index in [0.29, 0.717) is 23.7 Å². The highest BCUT2D eigenvalue weighted by molar-refractivity contribution is 6.35. The standard InChI is InChI=1S/C14H16Cl2N4O2/c1-3-14-4-5-21-9(7(14)2)12(22-14)20-6-17-8-10(15)18-13(16)19-11(8)20/h6-7,9,12H,3-5H2,1-2H3/t7?,9-,12+,14-/m0/s1. The number of imidazole rings is 1. The van der Waals surface area contributed by atoms with Crippen LogP contribution in [0.15, 0.2) is 6.33 Å². The Morgan fingerprint density at radius 1 is 1.41 bits per heavy atom. The Labute approximate surface area is 137 Å². The van der Waals surface area contributed by atoms with E-state index >= 15 is 0 Å². The summed E-state index contributed by atoms with van der Waals surface area (Å²) in [6.07, 6.45) is 3.23. The van der Waals surface area contributed by atoms with Gasteiger partial charge in [0, 0.05) is 18.9 Å². The van der Waals surface area contributed by atoms with Gasteiger partial charge in [0.05, 0.1) is 11.9 Å². The zero-order valence-corrected chi connectivity index (χ0v) is 13.8. The second kappa shape index (κ2) is 5.03. The van der Waals surface area contributed by atoms with Crippen molar-refractivity contribution in [2.24, 2.45) is 5.92 Å². The molecular formula is C14H16Cl2N4O2. The van der Waals surface area contributed by atoms with Crippen molar-refractivity contribution in [3.63, 3.8) is 0 Å². The van der Waals surface area contributed by atoms with E-state index in [1.807, 2.05) is 4.57 Å². The third kappa shape index (κ3) is 1.91. The quantitative estimate of drug-likeness (QED) is 0.619. The minimum atomic E-state index is -0.274. The number of nitrogens with zero attached hydrogens (tertiary/aromatic N) is 4. The van der Waals surface area contributed by atoms with E-state index in [2.05, 4.69) is 28.8 Å². The van der Waals surface area contributed by atoms with Crippen LogP contribution in [0.3, 0.4) is 0 Å². The Hall–Kier alpha value is -0.950. The molecule has 2 saturated heterocycles. The fraction of sp³-hybridized carbons (Fsp3) is 0.643. The maximum absolute atomic E-state index is 6.42. The Morgan fingerprint density at radius 3 is 2.95 bits per heavy atom. The number of fused-ring (bicyclic) bond motifs is 3. The first-order valence-electron chi connectivity index (χ1n) is 7.41. The lowest BCUT2D eigenvalue weighted by atomic mass is 9.81. The predicted molar refractivity (Wildman–Crippen MR) is 82.0 cm³/mol. The number of ether oxygens (including phenoxy) is 2. The summed E-state index contributed by atoms with van der Waals surface area (Å²) in [6.45, 7) is 5.05. The topological polar surface area (TPSA) is 62.1 Å². The van der Waals surface area contributed by atoms with Gasteiger partial charge in [-0.05, 0) is 18.0 Å². The van der Waals surface area contributed by atoms with E-state index in [0.717, 1.165) is 12.8 Å². The summed E-state index contributed by atoms with van der Waals surface area (Å²) in [4.78, 5) is 12.5. The minimum absolute atomic E-state index is 0.0291. The Balaban J connectivity index is 1.83. The highest BCUT2D eigenvalue weighted by atomic mass is 35.5. The Kier molecular flexibility index (Phi) is 3.34. The summed E-state index contributed by atoms with van der Waals surface area (Å²) in [6, 6.07) is 0. The van der Waals surface area contributed by atoms with E-state index in [9.17, 15) is 0 Å². The molecule has 118 valence electrons. The predicted octanol–water partition coefficient (Wildman–Crippen LogP) is 3.24. The third-order valence-electron chi connectivity index (χ3n) is 5.02. The molecule has 0 amide bonds. The van der Waals surface area contributed by atoms with Gasteiger partial charge in [-0.2, -0.15) is 4.98 Å². The zero-order valence-electron chi connectivity index (χ0n) is 12.3. The molecule has 8 heteroatoms. The van der Waals surface area contributed by atoms with E-state index in [1.54, 1.807) is 6.33 Å². The van der Waals surface area contributed by atoms with Gasteiger partial charge in [-0.1, -0.05) is 25.4 Å². The first kappa shape index (κ1) is 14.6. The fourth-order valence-corrected chi connectivity index (χ4v) is 4.10. The molecule has 1 unspecified atom stereocenters. The summed E-state index contributed by atoms with van der Waals surface area (Å²) in [5.74, 6) is 0.307. The van der Waals surface area contributed by atoms with Crippen molar-refractivity contribution in [2.75, 3.05) is 6.61 Å². The number of halogens is 2. The highest BCUT2D eigenvalue weighted by Crippen LogP contribution is 2.50. The molecule has 2 aromatic heterocycles. The van der Waals surface area contributed by atoms with Crippen LogP contribution in [0.2, 0.25) is 10.4 Å². The third-order valence-corrected chi connectivity index (χ3v) is 5.45. The molecule has 2 aliphatic rings. The van der Waals surface area contributed by atoms with Crippen molar-refractivity contribution in [3.8, 4) is 0 Å². The van der Waals surface area contributed by atoms with E-state index in [1.165, 1.54) is 0 Å². The van der Waals surface area contributed by atoms with Crippen LogP contribution in [-0.2, 0) is 9.47 Å². The van der Waals surface area contributed by atoms with Crippen LogP contribution < -0.4 is 0 Å². The zero-order chi connectivity index (χ0) is 15.5. The van der Waals surface area contributed by atoms with Crippen LogP contribution in [-0.4, -0.2) is 37.8 Å². The molecule has 0 aliphatic carbocycles. The van der Waals surface area contributed by atoms with Gasteiger partial charge in [-0.3, -0.25) is 4.57 Å². The van der Waals surface area contributed by atoms with Crippen molar-refractivity contribution < 1.29 is 9.47 Å². The summed E-state index contributed by atoms with van der Waals surface area (Å²) in [5, 5.41) is 0.341. The summed E-state index contributed by atoms with van der Waals surface area (Å²) < 4.78 is 14.2. The molecule has 0 saturated carbocycles. The maximum atomic E-state index is 6.42. The monoisotopic (exact) mass is 342 g/mol. The van der Waals surface area contributed by atoms with Crippen LogP contribution in [0.25, 0.3) is 11.2 Å². The van der Waals surface area contributed by atoms with Crippen molar-refractivity contribution in [2.45, 2.75) is 44.6 Å². The summed E-state index contributed by atoms with van der Waals surface area (Å²) >= 11 is 12.0. The van der Waals surface area contributed by atoms with Gasteiger partial charge in [-0.25, -0.2) is 9.97 Å². The average Bonchev–Trinajstić information content (AvgIpc) is 2.94. The number of hydrogen-bond acceptors (Lipinski definition) is 5. The van der Waals surface area contributed by atoms with Crippen molar-refractivity contribution >= 4 is 34.4 Å². The molecule has 22 heavy (non-hydrogen) atoms. The molecule has 2 fully saturated rings. The lowest BCUT2D eigenvalue weighted by Crippen LogP contribution is -2.42. The SMILES string of the molecule is CC[C@]12CCO[C@@H](C1C)[C@H](n1cnc3c(Cl)nc(Cl)nc31)O2. The first-order chi connectivity index (χ1) is 10.6. The highest BCUT2D eigenvalue weighted by Gasteiger charge is 2.55. The minimum Gasteiger partial charge on any atom is -0.373 e. The molecular weight excluding hydrogens is 327 g/mol. The summed E-state index contributed by atoms with van der Waals surface area (Å²) in [5.41, 5.74) is 0.948. The largest absolute Gasteiger partial charge is 0.373 e. The van der Waals surface area contributed by atoms with Gasteiger partial charge in [0.25, 0.3) is 0 Å². The molecule has 2 bridgehead atoms. The van der Waals surface area contributed by atoms with Crippen LogP contribution in [0.5, 0.6) is 0 Å². The fourth-order valence-electron chi connectivity index (χ4n) is 3.68. The molecule has 2 aromatic rings. The lowest BCUT2D eigenvalue weighted by molar-refractivity contribution is -0.0859. The van der Waals surface area contributed by atoms with E-state index < -0.39 is 0 Å². The molecule has 4 heterocycles. The number of aromatic nitrogens is 4. The van der Waals surface area contributed by atoms with Crippen molar-refractivity contribution in [3.05, 3.63) is 16.8 Å². The average molecular weight is 343 g/mol. The molecule has 2 aliphatic heterocycles. The molecule has 4 rings (SSSR count). The van der Waals surface area contributed by atoms with Gasteiger partial charge in [-0.15, -0.1) is 0 Å². The van der Waals surface area contributed by atoms with Gasteiger partial charge >= 0.3 is 0 Å². The molecule has 0 spiro atoms. The van der Waals surface area contributed by atoms with Gasteiger partial charge in [0.1, 0.15) is 11.6 Å². The van der Waals surface area contributed by atoms with Crippen LogP contribution in [0.4, 0.5) is 0 Å². The first-order valence-corrected chi connectivity index (χ1v) is 8.16. The van der Waals surface area contributed by atoms with Crippen molar-refractivity contribution in [1.29, 1.82) is 0 Å². The normalized spacial score (nSPS) is 34.5. The molecule has 4 atom stereocenters. The number of rotatable bonds is 2. The van der Waals surface area contributed by atoms with E-state index in [-0.39, 0.29) is 28.4 Å². The molecule has 0 aromatic carbocycles. The lowest BCUT2D eigenvalue weighted by Gasteiger charge is -2.35. The number of hydrogen-bond donors (Lipinski definition) is 0. The van der Waals surface area contributed by atoms with Crippen LogP contribution in [0, 0.1) is 5.92 Å². The van der Waals surface area contributed by atoms with Gasteiger partial charge < -0.3 is 9.47 Å². The molecule has 0 N–H and O–H groups in total. The van der Waals surface area contributed by atoms with Gasteiger partial charge in [0.2, 0.25) is 5.28 Å². The van der Waals surface area contributed by atoms with E-state index in [4.69, 9.17) is 32.7 Å². The van der Waals surface area contributed by atoms with Crippen molar-refractivity contribution in [1.82, 2.24) is 19.5 Å². The molecule has 6 nitrogen and oxygen atoms in total.